The lowest BCUT2D eigenvalue weighted by Crippen LogP contribution is -2.41. The average molecular weight is 444 g/mol. The van der Waals surface area contributed by atoms with Crippen LogP contribution in [0.15, 0.2) is 59.4 Å². The normalized spacial score (nSPS) is 17.0. The van der Waals surface area contributed by atoms with Gasteiger partial charge in [-0.2, -0.15) is 4.98 Å². The lowest BCUT2D eigenvalue weighted by molar-refractivity contribution is -0.126. The number of carbonyl (C=O) groups is 2. The maximum Gasteiger partial charge on any atom is 0.258 e. The minimum absolute atomic E-state index is 0.0780. The van der Waals surface area contributed by atoms with Crippen molar-refractivity contribution >= 4 is 23.6 Å². The fraction of sp³-hybridized carbons (Fsp3) is 0.280. The highest BCUT2D eigenvalue weighted by molar-refractivity contribution is 6.00. The van der Waals surface area contributed by atoms with E-state index in [-0.39, 0.29) is 29.6 Å². The zero-order valence-corrected chi connectivity index (χ0v) is 18.1. The molecule has 33 heavy (non-hydrogen) atoms. The molecule has 0 aliphatic carbocycles. The molecule has 2 aliphatic heterocycles. The zero-order valence-electron chi connectivity index (χ0n) is 18.1. The molecule has 0 spiro atoms. The number of nitrogens with one attached hydrogen (secondary N) is 3. The van der Waals surface area contributed by atoms with Crippen LogP contribution in [0.2, 0.25) is 0 Å². The molecule has 5 rings (SSSR count). The SMILES string of the molecule is O=C1CC(C(=O)NCCc2ccccc2)c2c(nc(N3CCc4ccccc4C3)[nH]c2=O)N1. The number of aromatic amines is 1. The molecule has 0 fully saturated rings. The molecule has 3 N–H and O–H groups in total. The Morgan fingerprint density at radius 3 is 2.64 bits per heavy atom. The standard InChI is InChI=1S/C25H25N5O3/c31-20-14-19(23(32)26-12-10-16-6-2-1-3-7-16)21-22(27-20)28-25(29-24(21)33)30-13-11-17-8-4-5-9-18(17)15-30/h1-9,19H,10-15H2,(H,26,32)(H2,27,28,29,31,33). The summed E-state index contributed by atoms with van der Waals surface area (Å²) in [6.07, 6.45) is 1.43. The van der Waals surface area contributed by atoms with Crippen LogP contribution < -0.4 is 21.1 Å². The number of hydrogen-bond acceptors (Lipinski definition) is 5. The van der Waals surface area contributed by atoms with Crippen molar-refractivity contribution in [2.45, 2.75) is 31.7 Å². The summed E-state index contributed by atoms with van der Waals surface area (Å²) in [5.41, 5.74) is 3.40. The Bertz CT molecular complexity index is 1250. The number of aromatic nitrogens is 2. The number of amides is 2. The van der Waals surface area contributed by atoms with Gasteiger partial charge in [-0.3, -0.25) is 19.4 Å². The monoisotopic (exact) mass is 443 g/mol. The van der Waals surface area contributed by atoms with E-state index in [1.165, 1.54) is 11.1 Å². The van der Waals surface area contributed by atoms with Crippen LogP contribution in [0.5, 0.6) is 0 Å². The molecule has 8 heteroatoms. The van der Waals surface area contributed by atoms with Crippen molar-refractivity contribution in [3.05, 3.63) is 87.2 Å². The van der Waals surface area contributed by atoms with Gasteiger partial charge in [-0.25, -0.2) is 0 Å². The topological polar surface area (TPSA) is 107 Å². The van der Waals surface area contributed by atoms with Crippen LogP contribution in [0.25, 0.3) is 0 Å². The number of fused-ring (bicyclic) bond motifs is 2. The van der Waals surface area contributed by atoms with Gasteiger partial charge in [0.15, 0.2) is 0 Å². The summed E-state index contributed by atoms with van der Waals surface area (Å²) >= 11 is 0. The van der Waals surface area contributed by atoms with E-state index >= 15 is 0 Å². The third kappa shape index (κ3) is 4.37. The summed E-state index contributed by atoms with van der Waals surface area (Å²) in [5.74, 6) is -0.949. The molecule has 2 amide bonds. The second kappa shape index (κ2) is 8.90. The van der Waals surface area contributed by atoms with E-state index in [0.29, 0.717) is 32.0 Å². The number of benzene rings is 2. The van der Waals surface area contributed by atoms with Crippen LogP contribution in [-0.2, 0) is 29.0 Å². The highest BCUT2D eigenvalue weighted by Crippen LogP contribution is 2.30. The van der Waals surface area contributed by atoms with Crippen LogP contribution in [0.1, 0.15) is 34.6 Å². The van der Waals surface area contributed by atoms with E-state index in [9.17, 15) is 14.4 Å². The molecule has 1 aromatic heterocycles. The summed E-state index contributed by atoms with van der Waals surface area (Å²) in [6.45, 7) is 1.75. The van der Waals surface area contributed by atoms with E-state index in [0.717, 1.165) is 12.0 Å². The number of hydrogen-bond donors (Lipinski definition) is 3. The minimum Gasteiger partial charge on any atom is -0.355 e. The first-order valence-electron chi connectivity index (χ1n) is 11.2. The first-order chi connectivity index (χ1) is 16.1. The minimum atomic E-state index is -0.864. The number of anilines is 2. The summed E-state index contributed by atoms with van der Waals surface area (Å²) in [7, 11) is 0. The van der Waals surface area contributed by atoms with Crippen LogP contribution in [-0.4, -0.2) is 34.9 Å². The molecule has 0 saturated heterocycles. The highest BCUT2D eigenvalue weighted by Gasteiger charge is 2.35. The molecule has 1 atom stereocenters. The number of nitrogens with zero attached hydrogens (tertiary/aromatic N) is 2. The van der Waals surface area contributed by atoms with Crippen LogP contribution >= 0.6 is 0 Å². The lowest BCUT2D eigenvalue weighted by Gasteiger charge is -2.30. The van der Waals surface area contributed by atoms with E-state index in [1.54, 1.807) is 0 Å². The number of H-pyrrole nitrogens is 1. The molecule has 3 heterocycles. The maximum atomic E-state index is 13.0. The van der Waals surface area contributed by atoms with Gasteiger partial charge in [-0.05, 0) is 29.5 Å². The lowest BCUT2D eigenvalue weighted by atomic mass is 9.92. The highest BCUT2D eigenvalue weighted by atomic mass is 16.2. The van der Waals surface area contributed by atoms with Gasteiger partial charge in [-0.15, -0.1) is 0 Å². The van der Waals surface area contributed by atoms with E-state index < -0.39 is 11.5 Å². The van der Waals surface area contributed by atoms with Gasteiger partial charge < -0.3 is 15.5 Å². The van der Waals surface area contributed by atoms with Crippen molar-refractivity contribution in [3.63, 3.8) is 0 Å². The first-order valence-corrected chi connectivity index (χ1v) is 11.2. The second-order valence-electron chi connectivity index (χ2n) is 8.42. The number of carbonyl (C=O) groups excluding carboxylic acids is 2. The van der Waals surface area contributed by atoms with Crippen molar-refractivity contribution < 1.29 is 9.59 Å². The third-order valence-electron chi connectivity index (χ3n) is 6.24. The summed E-state index contributed by atoms with van der Waals surface area (Å²) < 4.78 is 0. The molecule has 0 radical (unpaired) electrons. The predicted octanol–water partition coefficient (Wildman–Crippen LogP) is 2.12. The van der Waals surface area contributed by atoms with Gasteiger partial charge >= 0.3 is 0 Å². The Kier molecular flexibility index (Phi) is 5.64. The fourth-order valence-electron chi connectivity index (χ4n) is 4.51. The Balaban J connectivity index is 1.35. The van der Waals surface area contributed by atoms with Gasteiger partial charge in [0.25, 0.3) is 5.56 Å². The van der Waals surface area contributed by atoms with E-state index in [4.69, 9.17) is 0 Å². The zero-order chi connectivity index (χ0) is 22.8. The predicted molar refractivity (Wildman–Crippen MR) is 125 cm³/mol. The van der Waals surface area contributed by atoms with Crippen LogP contribution in [0.4, 0.5) is 11.8 Å². The summed E-state index contributed by atoms with van der Waals surface area (Å²) in [5, 5.41) is 5.56. The molecule has 2 aromatic carbocycles. The average Bonchev–Trinajstić information content (AvgIpc) is 2.83. The van der Waals surface area contributed by atoms with Crippen molar-refractivity contribution in [2.75, 3.05) is 23.3 Å². The largest absolute Gasteiger partial charge is 0.355 e. The Hall–Kier alpha value is -3.94. The van der Waals surface area contributed by atoms with Gasteiger partial charge in [0, 0.05) is 26.1 Å². The summed E-state index contributed by atoms with van der Waals surface area (Å²) in [4.78, 5) is 47.6. The van der Waals surface area contributed by atoms with Crippen LogP contribution in [0, 0.1) is 0 Å². The van der Waals surface area contributed by atoms with Gasteiger partial charge in [0.05, 0.1) is 11.5 Å². The molecule has 2 aliphatic rings. The first kappa shape index (κ1) is 20.9. The molecular formula is C25H25N5O3. The Morgan fingerprint density at radius 2 is 1.82 bits per heavy atom. The molecule has 0 bridgehead atoms. The molecule has 168 valence electrons. The number of rotatable bonds is 5. The van der Waals surface area contributed by atoms with E-state index in [2.05, 4.69) is 32.7 Å². The van der Waals surface area contributed by atoms with Gasteiger partial charge in [-0.1, -0.05) is 54.6 Å². The van der Waals surface area contributed by atoms with Gasteiger partial charge in [0.2, 0.25) is 17.8 Å². The van der Waals surface area contributed by atoms with Crippen molar-refractivity contribution in [3.8, 4) is 0 Å². The Morgan fingerprint density at radius 1 is 1.06 bits per heavy atom. The Labute approximate surface area is 191 Å². The molecule has 1 unspecified atom stereocenters. The van der Waals surface area contributed by atoms with Crippen molar-refractivity contribution in [2.24, 2.45) is 0 Å². The fourth-order valence-corrected chi connectivity index (χ4v) is 4.51. The van der Waals surface area contributed by atoms with E-state index in [1.807, 2.05) is 47.4 Å². The van der Waals surface area contributed by atoms with Crippen LogP contribution in [0.3, 0.4) is 0 Å². The summed E-state index contributed by atoms with van der Waals surface area (Å²) in [6, 6.07) is 18.0. The molecule has 3 aromatic rings. The smallest absolute Gasteiger partial charge is 0.258 e. The van der Waals surface area contributed by atoms with Gasteiger partial charge in [0.1, 0.15) is 5.82 Å². The van der Waals surface area contributed by atoms with Crippen molar-refractivity contribution in [1.82, 2.24) is 15.3 Å². The molecule has 0 saturated carbocycles. The maximum absolute atomic E-state index is 13.0. The quantitative estimate of drug-likeness (QED) is 0.560. The molecular weight excluding hydrogens is 418 g/mol. The van der Waals surface area contributed by atoms with Crippen molar-refractivity contribution in [1.29, 1.82) is 0 Å². The molecule has 8 nitrogen and oxygen atoms in total. The second-order valence-corrected chi connectivity index (χ2v) is 8.42. The third-order valence-corrected chi connectivity index (χ3v) is 6.24.